The van der Waals surface area contributed by atoms with Gasteiger partial charge in [0.15, 0.2) is 0 Å². The molecule has 1 heterocycles. The van der Waals surface area contributed by atoms with E-state index in [1.807, 2.05) is 24.3 Å². The molecule has 0 aliphatic heterocycles. The van der Waals surface area contributed by atoms with Gasteiger partial charge in [0.05, 0.1) is 18.2 Å². The van der Waals surface area contributed by atoms with Crippen LogP contribution in [0.25, 0.3) is 0 Å². The van der Waals surface area contributed by atoms with Crippen LogP contribution in [0.3, 0.4) is 0 Å². The van der Waals surface area contributed by atoms with Crippen LogP contribution in [0.2, 0.25) is 0 Å². The third-order valence-corrected chi connectivity index (χ3v) is 5.60. The summed E-state index contributed by atoms with van der Waals surface area (Å²) < 4.78 is 46.1. The first-order chi connectivity index (χ1) is 12.9. The standard InChI is InChI=1S/C20H19F3N2OS/c1-26-14-8-6-13(7-9-14)10-11-27-19-16(12-24)18(20(21,22)23)15-4-2-3-5-17(15)25-19/h6-9H,2-5,10-11H2,1H3. The fourth-order valence-electron chi connectivity index (χ4n) is 3.30. The molecule has 0 saturated carbocycles. The van der Waals surface area contributed by atoms with Gasteiger partial charge in [-0.05, 0) is 55.4 Å². The summed E-state index contributed by atoms with van der Waals surface area (Å²) in [6, 6.07) is 9.30. The van der Waals surface area contributed by atoms with Crippen molar-refractivity contribution in [3.63, 3.8) is 0 Å². The molecule has 0 N–H and O–H groups in total. The maximum absolute atomic E-state index is 13.7. The Morgan fingerprint density at radius 3 is 2.52 bits per heavy atom. The molecule has 7 heteroatoms. The number of pyridine rings is 1. The Labute approximate surface area is 160 Å². The molecule has 3 rings (SSSR count). The van der Waals surface area contributed by atoms with Crippen molar-refractivity contribution >= 4 is 11.8 Å². The van der Waals surface area contributed by atoms with Crippen molar-refractivity contribution in [1.82, 2.24) is 4.98 Å². The number of ether oxygens (including phenoxy) is 1. The predicted molar refractivity (Wildman–Crippen MR) is 98.0 cm³/mol. The molecule has 3 nitrogen and oxygen atoms in total. The Balaban J connectivity index is 1.85. The molecule has 0 radical (unpaired) electrons. The zero-order valence-corrected chi connectivity index (χ0v) is 15.7. The number of benzene rings is 1. The Hall–Kier alpha value is -2.20. The minimum absolute atomic E-state index is 0.194. The van der Waals surface area contributed by atoms with Crippen LogP contribution in [0, 0.1) is 11.3 Å². The zero-order chi connectivity index (χ0) is 19.4. The van der Waals surface area contributed by atoms with Gasteiger partial charge in [0, 0.05) is 11.4 Å². The van der Waals surface area contributed by atoms with Gasteiger partial charge in [-0.15, -0.1) is 11.8 Å². The maximum Gasteiger partial charge on any atom is 0.418 e. The molecule has 1 aliphatic rings. The van der Waals surface area contributed by atoms with Crippen LogP contribution in [-0.4, -0.2) is 17.8 Å². The van der Waals surface area contributed by atoms with Gasteiger partial charge in [-0.2, -0.15) is 18.4 Å². The molecule has 0 bridgehead atoms. The van der Waals surface area contributed by atoms with Crippen molar-refractivity contribution in [3.8, 4) is 11.8 Å². The topological polar surface area (TPSA) is 45.9 Å². The fourth-order valence-corrected chi connectivity index (χ4v) is 4.30. The molecule has 0 atom stereocenters. The molecule has 142 valence electrons. The number of aromatic nitrogens is 1. The number of aryl methyl sites for hydroxylation is 2. The van der Waals surface area contributed by atoms with Crippen LogP contribution in [0.5, 0.6) is 5.75 Å². The van der Waals surface area contributed by atoms with Crippen molar-refractivity contribution in [2.45, 2.75) is 43.3 Å². The van der Waals surface area contributed by atoms with Crippen LogP contribution in [-0.2, 0) is 25.4 Å². The smallest absolute Gasteiger partial charge is 0.418 e. The SMILES string of the molecule is COc1ccc(CCSc2nc3c(c(C(F)(F)F)c2C#N)CCCC3)cc1. The second-order valence-corrected chi connectivity index (χ2v) is 7.44. The molecule has 27 heavy (non-hydrogen) atoms. The lowest BCUT2D eigenvalue weighted by molar-refractivity contribution is -0.138. The number of fused-ring (bicyclic) bond motifs is 1. The van der Waals surface area contributed by atoms with E-state index in [-0.39, 0.29) is 16.2 Å². The number of hydrogen-bond acceptors (Lipinski definition) is 4. The number of nitriles is 1. The highest BCUT2D eigenvalue weighted by Crippen LogP contribution is 2.41. The molecule has 2 aromatic rings. The van der Waals surface area contributed by atoms with E-state index in [4.69, 9.17) is 4.74 Å². The van der Waals surface area contributed by atoms with E-state index in [1.165, 1.54) is 11.8 Å². The third kappa shape index (κ3) is 4.38. The lowest BCUT2D eigenvalue weighted by Crippen LogP contribution is -2.19. The van der Waals surface area contributed by atoms with E-state index in [1.54, 1.807) is 13.2 Å². The molecule has 1 aromatic carbocycles. The highest BCUT2D eigenvalue weighted by molar-refractivity contribution is 7.99. The zero-order valence-electron chi connectivity index (χ0n) is 14.9. The molecule has 0 unspecified atom stereocenters. The highest BCUT2D eigenvalue weighted by atomic mass is 32.2. The van der Waals surface area contributed by atoms with E-state index in [0.29, 0.717) is 37.1 Å². The molecular formula is C20H19F3N2OS. The van der Waals surface area contributed by atoms with Crippen molar-refractivity contribution in [3.05, 3.63) is 52.2 Å². The van der Waals surface area contributed by atoms with Crippen molar-refractivity contribution in [2.24, 2.45) is 0 Å². The van der Waals surface area contributed by atoms with Crippen molar-refractivity contribution in [1.29, 1.82) is 5.26 Å². The largest absolute Gasteiger partial charge is 0.497 e. The first-order valence-corrected chi connectivity index (χ1v) is 9.71. The predicted octanol–water partition coefficient (Wildman–Crippen LogP) is 5.19. The summed E-state index contributed by atoms with van der Waals surface area (Å²) in [6.45, 7) is 0. The minimum atomic E-state index is -4.54. The number of thioether (sulfide) groups is 1. The van der Waals surface area contributed by atoms with Crippen molar-refractivity contribution in [2.75, 3.05) is 12.9 Å². The molecule has 1 aliphatic carbocycles. The second-order valence-electron chi connectivity index (χ2n) is 6.36. The van der Waals surface area contributed by atoms with E-state index in [9.17, 15) is 18.4 Å². The Kier molecular flexibility index (Phi) is 5.95. The van der Waals surface area contributed by atoms with Gasteiger partial charge in [-0.3, -0.25) is 0 Å². The van der Waals surface area contributed by atoms with Gasteiger partial charge in [-0.1, -0.05) is 12.1 Å². The average molecular weight is 392 g/mol. The summed E-state index contributed by atoms with van der Waals surface area (Å²) in [5.74, 6) is 1.30. The van der Waals surface area contributed by atoms with E-state index in [0.717, 1.165) is 17.7 Å². The number of methoxy groups -OCH3 is 1. The maximum atomic E-state index is 13.7. The number of rotatable bonds is 5. The van der Waals surface area contributed by atoms with Gasteiger partial charge < -0.3 is 4.74 Å². The second kappa shape index (κ2) is 8.22. The third-order valence-electron chi connectivity index (χ3n) is 4.62. The minimum Gasteiger partial charge on any atom is -0.497 e. The summed E-state index contributed by atoms with van der Waals surface area (Å²) >= 11 is 1.21. The molecule has 0 spiro atoms. The van der Waals surface area contributed by atoms with Crippen molar-refractivity contribution < 1.29 is 17.9 Å². The van der Waals surface area contributed by atoms with Gasteiger partial charge in [0.1, 0.15) is 16.8 Å². The monoisotopic (exact) mass is 392 g/mol. The quantitative estimate of drug-likeness (QED) is 0.657. The van der Waals surface area contributed by atoms with Gasteiger partial charge in [0.25, 0.3) is 0 Å². The normalized spacial score (nSPS) is 13.7. The summed E-state index contributed by atoms with van der Waals surface area (Å²) in [5, 5.41) is 9.61. The van der Waals surface area contributed by atoms with Crippen LogP contribution in [0.15, 0.2) is 29.3 Å². The Morgan fingerprint density at radius 2 is 1.89 bits per heavy atom. The van der Waals surface area contributed by atoms with Crippen LogP contribution < -0.4 is 4.74 Å². The molecule has 1 aromatic heterocycles. The molecular weight excluding hydrogens is 373 g/mol. The summed E-state index contributed by atoms with van der Waals surface area (Å²) in [4.78, 5) is 4.44. The van der Waals surface area contributed by atoms with E-state index >= 15 is 0 Å². The number of alkyl halides is 3. The lowest BCUT2D eigenvalue weighted by atomic mass is 9.90. The summed E-state index contributed by atoms with van der Waals surface area (Å²) in [7, 11) is 1.59. The van der Waals surface area contributed by atoms with Crippen LogP contribution in [0.1, 0.15) is 40.8 Å². The average Bonchev–Trinajstić information content (AvgIpc) is 2.66. The van der Waals surface area contributed by atoms with Gasteiger partial charge in [-0.25, -0.2) is 4.98 Å². The number of hydrogen-bond donors (Lipinski definition) is 0. The van der Waals surface area contributed by atoms with Gasteiger partial charge in [0.2, 0.25) is 0 Å². The van der Waals surface area contributed by atoms with Crippen LogP contribution >= 0.6 is 11.8 Å². The van der Waals surface area contributed by atoms with E-state index < -0.39 is 11.7 Å². The number of nitrogens with zero attached hydrogens (tertiary/aromatic N) is 2. The fraction of sp³-hybridized carbons (Fsp3) is 0.400. The molecule has 0 fully saturated rings. The lowest BCUT2D eigenvalue weighted by Gasteiger charge is -2.22. The van der Waals surface area contributed by atoms with Crippen LogP contribution in [0.4, 0.5) is 13.2 Å². The number of halogens is 3. The summed E-state index contributed by atoms with van der Waals surface area (Å²) in [5.41, 5.74) is 0.657. The summed E-state index contributed by atoms with van der Waals surface area (Å²) in [6.07, 6.45) is -1.47. The first kappa shape index (κ1) is 19.6. The highest BCUT2D eigenvalue weighted by Gasteiger charge is 2.39. The molecule has 0 amide bonds. The van der Waals surface area contributed by atoms with Gasteiger partial charge >= 0.3 is 6.18 Å². The Bertz CT molecular complexity index is 858. The van der Waals surface area contributed by atoms with E-state index in [2.05, 4.69) is 4.98 Å². The Morgan fingerprint density at radius 1 is 1.19 bits per heavy atom. The first-order valence-electron chi connectivity index (χ1n) is 8.72. The molecule has 0 saturated heterocycles.